The van der Waals surface area contributed by atoms with E-state index >= 15 is 0 Å². The lowest BCUT2D eigenvalue weighted by Crippen LogP contribution is -2.16. The highest BCUT2D eigenvalue weighted by molar-refractivity contribution is 5.07. The Bertz CT molecular complexity index is 302. The second kappa shape index (κ2) is 5.66. The second-order valence-corrected chi connectivity index (χ2v) is 4.01. The minimum atomic E-state index is 0.828. The number of hydrogen-bond donors (Lipinski definition) is 1. The van der Waals surface area contributed by atoms with Crippen LogP contribution in [0.2, 0.25) is 0 Å². The quantitative estimate of drug-likeness (QED) is 0.565. The number of pyridine rings is 1. The smallest absolute Gasteiger partial charge is 0.0441 e. The number of rotatable bonds is 6. The van der Waals surface area contributed by atoms with Gasteiger partial charge in [0.1, 0.15) is 0 Å². The van der Waals surface area contributed by atoms with Crippen LogP contribution in [0.5, 0.6) is 0 Å². The van der Waals surface area contributed by atoms with Crippen LogP contribution in [-0.2, 0) is 6.42 Å². The summed E-state index contributed by atoms with van der Waals surface area (Å²) in [5.74, 6) is 0. The third-order valence-electron chi connectivity index (χ3n) is 2.54. The maximum Gasteiger partial charge on any atom is 0.0441 e. The Hall–Kier alpha value is -1.15. The van der Waals surface area contributed by atoms with Gasteiger partial charge in [-0.3, -0.25) is 4.98 Å². The topological polar surface area (TPSA) is 24.9 Å². The van der Waals surface area contributed by atoms with Gasteiger partial charge in [0, 0.05) is 24.4 Å². The number of aromatic nitrogens is 1. The summed E-state index contributed by atoms with van der Waals surface area (Å²) in [6, 6.07) is 6.87. The summed E-state index contributed by atoms with van der Waals surface area (Å²) < 4.78 is 0. The lowest BCUT2D eigenvalue weighted by atomic mass is 10.2. The minimum absolute atomic E-state index is 0.828. The zero-order chi connectivity index (χ0) is 10.3. The van der Waals surface area contributed by atoms with Gasteiger partial charge >= 0.3 is 0 Å². The standard InChI is InChI=1S/C13H18N2/c1(4-10-15-13-8-9-13)2-6-12-7-3-5-11-14-12/h1-3,5,7,11,13,15H,4,6,8-10H2. The van der Waals surface area contributed by atoms with E-state index in [9.17, 15) is 0 Å². The molecule has 1 fully saturated rings. The van der Waals surface area contributed by atoms with Crippen LogP contribution in [0.4, 0.5) is 0 Å². The third kappa shape index (κ3) is 4.26. The molecule has 1 aromatic rings. The van der Waals surface area contributed by atoms with Crippen LogP contribution in [0.3, 0.4) is 0 Å². The van der Waals surface area contributed by atoms with Gasteiger partial charge in [0.2, 0.25) is 0 Å². The first kappa shape index (κ1) is 10.4. The Morgan fingerprint density at radius 1 is 1.33 bits per heavy atom. The Labute approximate surface area is 91.4 Å². The molecule has 2 heteroatoms. The molecule has 15 heavy (non-hydrogen) atoms. The highest BCUT2D eigenvalue weighted by Crippen LogP contribution is 2.18. The van der Waals surface area contributed by atoms with Crippen molar-refractivity contribution < 1.29 is 0 Å². The van der Waals surface area contributed by atoms with Crippen molar-refractivity contribution in [3.05, 3.63) is 42.2 Å². The molecule has 2 nitrogen and oxygen atoms in total. The van der Waals surface area contributed by atoms with Gasteiger partial charge in [-0.25, -0.2) is 0 Å². The number of nitrogens with zero attached hydrogens (tertiary/aromatic N) is 1. The zero-order valence-corrected chi connectivity index (χ0v) is 9.02. The first-order valence-electron chi connectivity index (χ1n) is 5.73. The van der Waals surface area contributed by atoms with Gasteiger partial charge in [-0.1, -0.05) is 18.2 Å². The van der Waals surface area contributed by atoms with E-state index < -0.39 is 0 Å². The SMILES string of the molecule is C(=CCc1ccccn1)CCNC1CC1. The fourth-order valence-corrected chi connectivity index (χ4v) is 1.50. The fourth-order valence-electron chi connectivity index (χ4n) is 1.50. The van der Waals surface area contributed by atoms with Crippen LogP contribution in [0, 0.1) is 0 Å². The second-order valence-electron chi connectivity index (χ2n) is 4.01. The van der Waals surface area contributed by atoms with Gasteiger partial charge in [-0.2, -0.15) is 0 Å². The summed E-state index contributed by atoms with van der Waals surface area (Å²) >= 11 is 0. The molecule has 0 aliphatic heterocycles. The molecular formula is C13H18N2. The van der Waals surface area contributed by atoms with E-state index in [0.29, 0.717) is 0 Å². The molecule has 1 N–H and O–H groups in total. The number of nitrogens with one attached hydrogen (secondary N) is 1. The molecule has 1 aliphatic rings. The molecular weight excluding hydrogens is 184 g/mol. The molecule has 0 saturated heterocycles. The molecule has 1 saturated carbocycles. The van der Waals surface area contributed by atoms with Crippen molar-refractivity contribution in [3.63, 3.8) is 0 Å². The van der Waals surface area contributed by atoms with Gasteiger partial charge in [0.25, 0.3) is 0 Å². The predicted molar refractivity (Wildman–Crippen MR) is 62.7 cm³/mol. The largest absolute Gasteiger partial charge is 0.314 e. The molecule has 0 aromatic carbocycles. The molecule has 0 amide bonds. The normalized spacial score (nSPS) is 16.0. The van der Waals surface area contributed by atoms with Crippen LogP contribution in [-0.4, -0.2) is 17.6 Å². The van der Waals surface area contributed by atoms with Crippen LogP contribution in [0.1, 0.15) is 25.0 Å². The van der Waals surface area contributed by atoms with Gasteiger partial charge in [-0.15, -0.1) is 0 Å². The van der Waals surface area contributed by atoms with Crippen molar-refractivity contribution in [1.82, 2.24) is 10.3 Å². The summed E-state index contributed by atoms with van der Waals surface area (Å²) in [6.07, 6.45) is 11.1. The van der Waals surface area contributed by atoms with Gasteiger partial charge in [0.05, 0.1) is 0 Å². The molecule has 1 heterocycles. The molecule has 80 valence electrons. The van der Waals surface area contributed by atoms with Gasteiger partial charge in [0.15, 0.2) is 0 Å². The molecule has 0 unspecified atom stereocenters. The molecule has 0 spiro atoms. The van der Waals surface area contributed by atoms with Gasteiger partial charge < -0.3 is 5.32 Å². The van der Waals surface area contributed by atoms with E-state index in [1.54, 1.807) is 0 Å². The Morgan fingerprint density at radius 2 is 2.27 bits per heavy atom. The van der Waals surface area contributed by atoms with Crippen molar-refractivity contribution >= 4 is 0 Å². The summed E-state index contributed by atoms with van der Waals surface area (Å²) in [5, 5.41) is 3.49. The lowest BCUT2D eigenvalue weighted by molar-refractivity contribution is 0.690. The summed E-state index contributed by atoms with van der Waals surface area (Å²) in [5.41, 5.74) is 1.14. The Morgan fingerprint density at radius 3 is 3.00 bits per heavy atom. The summed E-state index contributed by atoms with van der Waals surface area (Å²) in [6.45, 7) is 1.11. The van der Waals surface area contributed by atoms with Crippen molar-refractivity contribution in [2.45, 2.75) is 31.7 Å². The maximum atomic E-state index is 4.27. The van der Waals surface area contributed by atoms with Crippen molar-refractivity contribution in [2.24, 2.45) is 0 Å². The molecule has 0 atom stereocenters. The molecule has 1 aromatic heterocycles. The first-order chi connectivity index (χ1) is 7.45. The van der Waals surface area contributed by atoms with Crippen LogP contribution in [0.15, 0.2) is 36.5 Å². The average molecular weight is 202 g/mol. The molecule has 0 bridgehead atoms. The van der Waals surface area contributed by atoms with Crippen molar-refractivity contribution in [2.75, 3.05) is 6.54 Å². The van der Waals surface area contributed by atoms with Crippen LogP contribution in [0.25, 0.3) is 0 Å². The minimum Gasteiger partial charge on any atom is -0.314 e. The van der Waals surface area contributed by atoms with Crippen LogP contribution >= 0.6 is 0 Å². The molecule has 1 aliphatic carbocycles. The fraction of sp³-hybridized carbons (Fsp3) is 0.462. The van der Waals surface area contributed by atoms with E-state index in [1.165, 1.54) is 12.8 Å². The lowest BCUT2D eigenvalue weighted by Gasteiger charge is -1.97. The summed E-state index contributed by atoms with van der Waals surface area (Å²) in [7, 11) is 0. The Kier molecular flexibility index (Phi) is 3.92. The first-order valence-corrected chi connectivity index (χ1v) is 5.73. The van der Waals surface area contributed by atoms with E-state index in [2.05, 4.69) is 28.5 Å². The third-order valence-corrected chi connectivity index (χ3v) is 2.54. The zero-order valence-electron chi connectivity index (χ0n) is 9.02. The highest BCUT2D eigenvalue weighted by atomic mass is 14.9. The highest BCUT2D eigenvalue weighted by Gasteiger charge is 2.19. The van der Waals surface area contributed by atoms with E-state index in [0.717, 1.165) is 31.1 Å². The molecule has 0 radical (unpaired) electrons. The van der Waals surface area contributed by atoms with Crippen molar-refractivity contribution in [3.8, 4) is 0 Å². The van der Waals surface area contributed by atoms with Crippen molar-refractivity contribution in [1.29, 1.82) is 0 Å². The Balaban J connectivity index is 1.58. The maximum absolute atomic E-state index is 4.27. The summed E-state index contributed by atoms with van der Waals surface area (Å²) in [4.78, 5) is 4.27. The van der Waals surface area contributed by atoms with E-state index in [-0.39, 0.29) is 0 Å². The van der Waals surface area contributed by atoms with Gasteiger partial charge in [-0.05, 0) is 37.9 Å². The molecule has 2 rings (SSSR count). The van der Waals surface area contributed by atoms with E-state index in [1.807, 2.05) is 18.3 Å². The number of hydrogen-bond acceptors (Lipinski definition) is 2. The van der Waals surface area contributed by atoms with E-state index in [4.69, 9.17) is 0 Å². The average Bonchev–Trinajstić information content (AvgIpc) is 3.09. The van der Waals surface area contributed by atoms with Crippen LogP contribution < -0.4 is 5.32 Å². The monoisotopic (exact) mass is 202 g/mol. The predicted octanol–water partition coefficient (Wildman–Crippen LogP) is 2.32. The number of allylic oxidation sites excluding steroid dienone is 1.